The van der Waals surface area contributed by atoms with Crippen molar-refractivity contribution in [2.45, 2.75) is 86.4 Å². The minimum absolute atomic E-state index is 0.0174. The van der Waals surface area contributed by atoms with Crippen molar-refractivity contribution in [3.8, 4) is 0 Å². The standard InChI is InChI=1S/C32H39N5O2.2C2H6/c1-22-5-9-35(23(2)13-22)19-26-15-25-4-3-24(14-29(25)34-26)18-36-10-6-27-28(31(36)38)16-33-17-30(27)37-20-32(21-37)7-11-39-12-8-32;2*1-2/h3-4,6,10,14-17,22-23,34H,5,7-9,11-13,18-21H2,1-2H3;2*1-2H3/t22-,23?;;/m1../s1. The molecule has 3 aliphatic heterocycles. The van der Waals surface area contributed by atoms with Gasteiger partial charge in [0.1, 0.15) is 0 Å². The van der Waals surface area contributed by atoms with Crippen LogP contribution in [0.25, 0.3) is 21.7 Å². The lowest BCUT2D eigenvalue weighted by molar-refractivity contribution is -0.000118. The number of aromatic amines is 1. The highest BCUT2D eigenvalue weighted by Crippen LogP contribution is 2.43. The molecule has 3 aliphatic rings. The summed E-state index contributed by atoms with van der Waals surface area (Å²) in [4.78, 5) is 26.6. The third kappa shape index (κ3) is 6.53. The number of likely N-dealkylation sites (tertiary alicyclic amines) is 1. The van der Waals surface area contributed by atoms with Crippen molar-refractivity contribution in [1.82, 2.24) is 19.4 Å². The SMILES string of the molecule is CC.CC.CC1C[C@H](C)CCN1Cc1cc2ccc(Cn3ccc4c(N5CC6(CCOCC6)C5)cncc4c3=O)cc2[nH]1. The number of ether oxygens (including phenoxy) is 1. The Labute approximate surface area is 257 Å². The van der Waals surface area contributed by atoms with Crippen molar-refractivity contribution in [2.24, 2.45) is 11.3 Å². The third-order valence-corrected chi connectivity index (χ3v) is 9.57. The van der Waals surface area contributed by atoms with Gasteiger partial charge in [-0.3, -0.25) is 14.7 Å². The summed E-state index contributed by atoms with van der Waals surface area (Å²) in [5.41, 5.74) is 4.98. The second-order valence-electron chi connectivity index (χ2n) is 12.5. The number of aromatic nitrogens is 3. The van der Waals surface area contributed by atoms with Gasteiger partial charge in [-0.15, -0.1) is 0 Å². The molecule has 4 aromatic rings. The summed E-state index contributed by atoms with van der Waals surface area (Å²) >= 11 is 0. The predicted octanol–water partition coefficient (Wildman–Crippen LogP) is 7.22. The summed E-state index contributed by atoms with van der Waals surface area (Å²) in [5.74, 6) is 0.822. The molecule has 1 aromatic carbocycles. The maximum absolute atomic E-state index is 13.5. The van der Waals surface area contributed by atoms with Gasteiger partial charge in [-0.05, 0) is 74.2 Å². The number of fused-ring (bicyclic) bond motifs is 2. The van der Waals surface area contributed by atoms with Crippen LogP contribution in [0.3, 0.4) is 0 Å². The number of hydrogen-bond donors (Lipinski definition) is 1. The molecular formula is C36H51N5O2. The molecule has 6 heterocycles. The van der Waals surface area contributed by atoms with E-state index in [-0.39, 0.29) is 5.56 Å². The van der Waals surface area contributed by atoms with Crippen LogP contribution in [0.15, 0.2) is 53.7 Å². The van der Waals surface area contributed by atoms with E-state index in [2.05, 4.69) is 63.9 Å². The Balaban J connectivity index is 0.000000885. The van der Waals surface area contributed by atoms with E-state index in [1.54, 1.807) is 6.20 Å². The smallest absolute Gasteiger partial charge is 0.260 e. The van der Waals surface area contributed by atoms with Gasteiger partial charge in [-0.2, -0.15) is 0 Å². The molecule has 3 fully saturated rings. The van der Waals surface area contributed by atoms with Crippen LogP contribution >= 0.6 is 0 Å². The molecule has 232 valence electrons. The molecule has 43 heavy (non-hydrogen) atoms. The molecule has 3 aromatic heterocycles. The second-order valence-corrected chi connectivity index (χ2v) is 12.5. The largest absolute Gasteiger partial charge is 0.381 e. The van der Waals surface area contributed by atoms with Gasteiger partial charge in [0.25, 0.3) is 5.56 Å². The highest BCUT2D eigenvalue weighted by molar-refractivity contribution is 5.93. The van der Waals surface area contributed by atoms with Crippen molar-refractivity contribution < 1.29 is 4.74 Å². The maximum Gasteiger partial charge on any atom is 0.260 e. The first-order valence-corrected chi connectivity index (χ1v) is 16.6. The van der Waals surface area contributed by atoms with E-state index in [0.717, 1.165) is 80.3 Å². The van der Waals surface area contributed by atoms with Gasteiger partial charge < -0.3 is 19.2 Å². The zero-order valence-electron chi connectivity index (χ0n) is 27.2. The zero-order valence-corrected chi connectivity index (χ0v) is 27.2. The van der Waals surface area contributed by atoms with Gasteiger partial charge in [0.15, 0.2) is 0 Å². The van der Waals surface area contributed by atoms with Crippen LogP contribution in [0.4, 0.5) is 5.69 Å². The van der Waals surface area contributed by atoms with Gasteiger partial charge in [-0.25, -0.2) is 0 Å². The fraction of sp³-hybridized carbons (Fsp3) is 0.556. The monoisotopic (exact) mass is 585 g/mol. The summed E-state index contributed by atoms with van der Waals surface area (Å²) in [5, 5.41) is 2.92. The Hall–Kier alpha value is -3.16. The van der Waals surface area contributed by atoms with Crippen molar-refractivity contribution in [1.29, 1.82) is 0 Å². The quantitative estimate of drug-likeness (QED) is 0.268. The Morgan fingerprint density at radius 3 is 2.49 bits per heavy atom. The minimum atomic E-state index is 0.0174. The summed E-state index contributed by atoms with van der Waals surface area (Å²) in [6.07, 6.45) is 10.4. The van der Waals surface area contributed by atoms with Crippen molar-refractivity contribution >= 4 is 27.4 Å². The molecular weight excluding hydrogens is 534 g/mol. The number of H-pyrrole nitrogens is 1. The minimum Gasteiger partial charge on any atom is -0.381 e. The van der Waals surface area contributed by atoms with Gasteiger partial charge in [-0.1, -0.05) is 46.8 Å². The first-order chi connectivity index (χ1) is 21.0. The summed E-state index contributed by atoms with van der Waals surface area (Å²) in [6, 6.07) is 11.5. The lowest BCUT2D eigenvalue weighted by Crippen LogP contribution is -2.58. The van der Waals surface area contributed by atoms with E-state index in [4.69, 9.17) is 4.74 Å². The number of piperidine rings is 1. The molecule has 7 nitrogen and oxygen atoms in total. The molecule has 3 saturated heterocycles. The molecule has 7 rings (SSSR count). The molecule has 0 saturated carbocycles. The molecule has 1 spiro atoms. The highest BCUT2D eigenvalue weighted by Gasteiger charge is 2.44. The molecule has 1 unspecified atom stereocenters. The van der Waals surface area contributed by atoms with Gasteiger partial charge in [0, 0.05) is 73.3 Å². The van der Waals surface area contributed by atoms with E-state index in [0.29, 0.717) is 23.4 Å². The molecule has 0 bridgehead atoms. The predicted molar refractivity (Wildman–Crippen MR) is 179 cm³/mol. The van der Waals surface area contributed by atoms with Crippen LogP contribution in [0.1, 0.15) is 78.5 Å². The zero-order chi connectivity index (χ0) is 30.6. The van der Waals surface area contributed by atoms with Crippen LogP contribution in [0.2, 0.25) is 0 Å². The van der Waals surface area contributed by atoms with Crippen LogP contribution < -0.4 is 10.5 Å². The van der Waals surface area contributed by atoms with Crippen molar-refractivity contribution in [3.63, 3.8) is 0 Å². The fourth-order valence-corrected chi connectivity index (χ4v) is 7.15. The Morgan fingerprint density at radius 1 is 0.977 bits per heavy atom. The molecule has 0 aliphatic carbocycles. The number of anilines is 1. The van der Waals surface area contributed by atoms with E-state index >= 15 is 0 Å². The first kappa shape index (κ1) is 31.3. The van der Waals surface area contributed by atoms with E-state index in [1.165, 1.54) is 23.9 Å². The topological polar surface area (TPSA) is 66.4 Å². The Morgan fingerprint density at radius 2 is 1.74 bits per heavy atom. The number of nitrogens with zero attached hydrogens (tertiary/aromatic N) is 4. The van der Waals surface area contributed by atoms with Crippen molar-refractivity contribution in [2.75, 3.05) is 37.7 Å². The first-order valence-electron chi connectivity index (χ1n) is 16.6. The summed E-state index contributed by atoms with van der Waals surface area (Å²) in [6.45, 7) is 19.1. The van der Waals surface area contributed by atoms with E-state index < -0.39 is 0 Å². The summed E-state index contributed by atoms with van der Waals surface area (Å²) in [7, 11) is 0. The number of hydrogen-bond acceptors (Lipinski definition) is 5. The Kier molecular flexibility index (Phi) is 9.92. The maximum atomic E-state index is 13.5. The lowest BCUT2D eigenvalue weighted by atomic mass is 9.73. The van der Waals surface area contributed by atoms with Gasteiger partial charge in [0.05, 0.1) is 23.8 Å². The Bertz CT molecular complexity index is 1560. The van der Waals surface area contributed by atoms with E-state index in [9.17, 15) is 4.79 Å². The average Bonchev–Trinajstić information content (AvgIpc) is 3.43. The van der Waals surface area contributed by atoms with Crippen LogP contribution in [0.5, 0.6) is 0 Å². The van der Waals surface area contributed by atoms with Crippen LogP contribution in [-0.2, 0) is 17.8 Å². The molecule has 1 N–H and O–H groups in total. The molecule has 0 amide bonds. The molecule has 7 heteroatoms. The normalized spacial score (nSPS) is 21.6. The number of rotatable bonds is 5. The highest BCUT2D eigenvalue weighted by atomic mass is 16.5. The van der Waals surface area contributed by atoms with Crippen LogP contribution in [0, 0.1) is 11.3 Å². The average molecular weight is 586 g/mol. The lowest BCUT2D eigenvalue weighted by Gasteiger charge is -2.53. The van der Waals surface area contributed by atoms with Crippen molar-refractivity contribution in [3.05, 3.63) is 70.5 Å². The molecule has 0 radical (unpaired) electrons. The fourth-order valence-electron chi connectivity index (χ4n) is 7.15. The van der Waals surface area contributed by atoms with Gasteiger partial charge >= 0.3 is 0 Å². The summed E-state index contributed by atoms with van der Waals surface area (Å²) < 4.78 is 7.38. The third-order valence-electron chi connectivity index (χ3n) is 9.57. The number of pyridine rings is 2. The number of benzene rings is 1. The van der Waals surface area contributed by atoms with Gasteiger partial charge in [0.2, 0.25) is 0 Å². The molecule has 2 atom stereocenters. The van der Waals surface area contributed by atoms with E-state index in [1.807, 2.05) is 44.7 Å². The van der Waals surface area contributed by atoms with Crippen LogP contribution in [-0.4, -0.2) is 58.3 Å². The second kappa shape index (κ2) is 13.6. The number of nitrogens with one attached hydrogen (secondary N) is 1.